The standard InChI is InChI=1S/C21H20N6O2/c22-16(13-28)11-24-21(29)15-6-8-23-19(10-15)17-12-25-27-9-7-18(26-20(17)27)14-4-2-1-3-5-14/h1-10,12,16,28H,11,13,22H2,(H,24,29). The van der Waals surface area contributed by atoms with Gasteiger partial charge in [0.25, 0.3) is 5.91 Å². The van der Waals surface area contributed by atoms with Gasteiger partial charge in [0.1, 0.15) is 0 Å². The summed E-state index contributed by atoms with van der Waals surface area (Å²) in [7, 11) is 0. The fourth-order valence-corrected chi connectivity index (χ4v) is 2.93. The molecule has 0 saturated heterocycles. The number of aliphatic hydroxyl groups is 1. The van der Waals surface area contributed by atoms with Crippen LogP contribution in [-0.2, 0) is 0 Å². The summed E-state index contributed by atoms with van der Waals surface area (Å²) in [6.07, 6.45) is 5.10. The maximum Gasteiger partial charge on any atom is 0.251 e. The number of rotatable bonds is 6. The number of nitrogens with one attached hydrogen (secondary N) is 1. The Bertz CT molecular complexity index is 1140. The lowest BCUT2D eigenvalue weighted by atomic mass is 10.1. The first-order valence-electron chi connectivity index (χ1n) is 9.16. The number of hydrogen-bond donors (Lipinski definition) is 3. The Morgan fingerprint density at radius 1 is 1.17 bits per heavy atom. The molecule has 29 heavy (non-hydrogen) atoms. The summed E-state index contributed by atoms with van der Waals surface area (Å²) in [6, 6.07) is 14.6. The monoisotopic (exact) mass is 388 g/mol. The predicted octanol–water partition coefficient (Wildman–Crippen LogP) is 1.51. The normalized spacial score (nSPS) is 12.1. The first-order chi connectivity index (χ1) is 14.2. The van der Waals surface area contributed by atoms with Crippen molar-refractivity contribution >= 4 is 11.6 Å². The highest BCUT2D eigenvalue weighted by atomic mass is 16.3. The van der Waals surface area contributed by atoms with Gasteiger partial charge >= 0.3 is 0 Å². The van der Waals surface area contributed by atoms with E-state index in [0.717, 1.165) is 16.8 Å². The Balaban J connectivity index is 1.67. The topological polar surface area (TPSA) is 118 Å². The maximum atomic E-state index is 12.4. The lowest BCUT2D eigenvalue weighted by molar-refractivity contribution is 0.0948. The predicted molar refractivity (Wildman–Crippen MR) is 109 cm³/mol. The molecule has 4 N–H and O–H groups in total. The molecule has 8 nitrogen and oxygen atoms in total. The van der Waals surface area contributed by atoms with Gasteiger partial charge in [0.2, 0.25) is 0 Å². The summed E-state index contributed by atoms with van der Waals surface area (Å²) in [5, 5.41) is 16.0. The van der Waals surface area contributed by atoms with Crippen LogP contribution in [0.4, 0.5) is 0 Å². The second-order valence-corrected chi connectivity index (χ2v) is 6.59. The molecular weight excluding hydrogens is 368 g/mol. The van der Waals surface area contributed by atoms with Crippen LogP contribution in [0.25, 0.3) is 28.2 Å². The van der Waals surface area contributed by atoms with Gasteiger partial charge in [0, 0.05) is 36.1 Å². The number of aromatic nitrogens is 4. The summed E-state index contributed by atoms with van der Waals surface area (Å²) in [4.78, 5) is 21.5. The van der Waals surface area contributed by atoms with E-state index in [1.807, 2.05) is 42.6 Å². The van der Waals surface area contributed by atoms with E-state index in [1.54, 1.807) is 29.0 Å². The van der Waals surface area contributed by atoms with Crippen molar-refractivity contribution < 1.29 is 9.90 Å². The number of carbonyl (C=O) groups excluding carboxylic acids is 1. The number of nitrogens with zero attached hydrogens (tertiary/aromatic N) is 4. The molecule has 146 valence electrons. The maximum absolute atomic E-state index is 12.4. The van der Waals surface area contributed by atoms with E-state index in [4.69, 9.17) is 15.8 Å². The number of pyridine rings is 1. The minimum atomic E-state index is -0.500. The lowest BCUT2D eigenvalue weighted by Gasteiger charge is -2.10. The summed E-state index contributed by atoms with van der Waals surface area (Å²) >= 11 is 0. The molecule has 0 radical (unpaired) electrons. The van der Waals surface area contributed by atoms with Gasteiger partial charge in [0.15, 0.2) is 5.65 Å². The molecule has 1 unspecified atom stereocenters. The van der Waals surface area contributed by atoms with E-state index in [1.165, 1.54) is 0 Å². The van der Waals surface area contributed by atoms with Crippen molar-refractivity contribution in [1.29, 1.82) is 0 Å². The van der Waals surface area contributed by atoms with Crippen LogP contribution in [0.15, 0.2) is 67.1 Å². The van der Waals surface area contributed by atoms with Crippen molar-refractivity contribution in [1.82, 2.24) is 24.9 Å². The zero-order valence-corrected chi connectivity index (χ0v) is 15.6. The van der Waals surface area contributed by atoms with Crippen molar-refractivity contribution in [3.8, 4) is 22.5 Å². The van der Waals surface area contributed by atoms with Crippen LogP contribution in [0.1, 0.15) is 10.4 Å². The van der Waals surface area contributed by atoms with E-state index in [9.17, 15) is 4.79 Å². The Morgan fingerprint density at radius 2 is 2.00 bits per heavy atom. The highest BCUT2D eigenvalue weighted by Crippen LogP contribution is 2.24. The van der Waals surface area contributed by atoms with Gasteiger partial charge in [-0.25, -0.2) is 9.50 Å². The molecule has 0 saturated carbocycles. The van der Waals surface area contributed by atoms with Crippen LogP contribution in [0.3, 0.4) is 0 Å². The summed E-state index contributed by atoms with van der Waals surface area (Å²) in [5.74, 6) is -0.285. The Hall–Kier alpha value is -3.62. The van der Waals surface area contributed by atoms with E-state index < -0.39 is 6.04 Å². The van der Waals surface area contributed by atoms with Crippen molar-refractivity contribution in [3.05, 3.63) is 72.7 Å². The Morgan fingerprint density at radius 3 is 2.79 bits per heavy atom. The van der Waals surface area contributed by atoms with Crippen LogP contribution < -0.4 is 11.1 Å². The summed E-state index contributed by atoms with van der Waals surface area (Å²) < 4.78 is 1.68. The highest BCUT2D eigenvalue weighted by Gasteiger charge is 2.14. The minimum Gasteiger partial charge on any atom is -0.395 e. The van der Waals surface area contributed by atoms with Crippen LogP contribution >= 0.6 is 0 Å². The van der Waals surface area contributed by atoms with Gasteiger partial charge < -0.3 is 16.2 Å². The molecule has 3 aromatic heterocycles. The molecular formula is C21H20N6O2. The Labute approximate surface area is 167 Å². The van der Waals surface area contributed by atoms with E-state index >= 15 is 0 Å². The number of amides is 1. The summed E-state index contributed by atoms with van der Waals surface area (Å²) in [5.41, 5.74) is 9.88. The zero-order valence-electron chi connectivity index (χ0n) is 15.6. The highest BCUT2D eigenvalue weighted by molar-refractivity contribution is 5.95. The molecule has 8 heteroatoms. The number of nitrogens with two attached hydrogens (primary N) is 1. The van der Waals surface area contributed by atoms with Crippen LogP contribution in [-0.4, -0.2) is 49.8 Å². The Kier molecular flexibility index (Phi) is 5.28. The third-order valence-electron chi connectivity index (χ3n) is 4.50. The van der Waals surface area contributed by atoms with E-state index in [2.05, 4.69) is 15.4 Å². The molecule has 0 aliphatic carbocycles. The molecule has 4 aromatic rings. The molecule has 0 aliphatic heterocycles. The number of benzene rings is 1. The lowest BCUT2D eigenvalue weighted by Crippen LogP contribution is -2.39. The van der Waals surface area contributed by atoms with Gasteiger partial charge in [0.05, 0.1) is 29.8 Å². The van der Waals surface area contributed by atoms with Gasteiger partial charge in [-0.15, -0.1) is 0 Å². The number of hydrogen-bond acceptors (Lipinski definition) is 6. The van der Waals surface area contributed by atoms with Crippen LogP contribution in [0.2, 0.25) is 0 Å². The van der Waals surface area contributed by atoms with Crippen molar-refractivity contribution in [2.45, 2.75) is 6.04 Å². The van der Waals surface area contributed by atoms with Crippen molar-refractivity contribution in [2.24, 2.45) is 5.73 Å². The van der Waals surface area contributed by atoms with Crippen LogP contribution in [0, 0.1) is 0 Å². The number of aliphatic hydroxyl groups excluding tert-OH is 1. The third-order valence-corrected chi connectivity index (χ3v) is 4.50. The molecule has 0 spiro atoms. The second-order valence-electron chi connectivity index (χ2n) is 6.59. The zero-order chi connectivity index (χ0) is 20.2. The largest absolute Gasteiger partial charge is 0.395 e. The average Bonchev–Trinajstić information content (AvgIpc) is 3.21. The molecule has 3 heterocycles. The van der Waals surface area contributed by atoms with Gasteiger partial charge in [-0.3, -0.25) is 9.78 Å². The molecule has 0 fully saturated rings. The molecule has 4 rings (SSSR count). The fourth-order valence-electron chi connectivity index (χ4n) is 2.93. The van der Waals surface area contributed by atoms with Crippen molar-refractivity contribution in [3.63, 3.8) is 0 Å². The molecule has 1 atom stereocenters. The van der Waals surface area contributed by atoms with Crippen molar-refractivity contribution in [2.75, 3.05) is 13.2 Å². The van der Waals surface area contributed by atoms with Gasteiger partial charge in [-0.05, 0) is 18.2 Å². The molecule has 1 aromatic carbocycles. The minimum absolute atomic E-state index is 0.186. The first-order valence-corrected chi connectivity index (χ1v) is 9.16. The molecule has 1 amide bonds. The summed E-state index contributed by atoms with van der Waals surface area (Å²) in [6.45, 7) is -0.00855. The number of fused-ring (bicyclic) bond motifs is 1. The van der Waals surface area contributed by atoms with Gasteiger partial charge in [-0.1, -0.05) is 30.3 Å². The quantitative estimate of drug-likeness (QED) is 0.461. The third kappa shape index (κ3) is 3.98. The SMILES string of the molecule is NC(CO)CNC(=O)c1ccnc(-c2cnn3ccc(-c4ccccc4)nc23)c1. The van der Waals surface area contributed by atoms with E-state index in [-0.39, 0.29) is 19.1 Å². The fraction of sp³-hybridized carbons (Fsp3) is 0.143. The smallest absolute Gasteiger partial charge is 0.251 e. The van der Waals surface area contributed by atoms with Gasteiger partial charge in [-0.2, -0.15) is 5.10 Å². The second kappa shape index (κ2) is 8.17. The van der Waals surface area contributed by atoms with Crippen LogP contribution in [0.5, 0.6) is 0 Å². The average molecular weight is 388 g/mol. The first kappa shape index (κ1) is 18.7. The molecule has 0 aliphatic rings. The number of carbonyl (C=O) groups is 1. The van der Waals surface area contributed by atoms with E-state index in [0.29, 0.717) is 16.9 Å². The molecule has 0 bridgehead atoms.